The van der Waals surface area contributed by atoms with E-state index in [9.17, 15) is 18.5 Å². The number of nitro benzene ring substituents is 1. The first-order chi connectivity index (χ1) is 9.34. The smallest absolute Gasteiger partial charge is 0.258 e. The Labute approximate surface area is 118 Å². The van der Waals surface area contributed by atoms with E-state index < -0.39 is 14.9 Å². The van der Waals surface area contributed by atoms with Crippen LogP contribution < -0.4 is 0 Å². The molecule has 2 rings (SSSR count). The fourth-order valence-corrected chi connectivity index (χ4v) is 4.23. The average Bonchev–Trinajstić information content (AvgIpc) is 2.38. The summed E-state index contributed by atoms with van der Waals surface area (Å²) >= 11 is 0. The number of hydrogen-bond donors (Lipinski definition) is 0. The molecule has 1 saturated heterocycles. The monoisotopic (exact) mass is 298 g/mol. The second kappa shape index (κ2) is 5.49. The van der Waals surface area contributed by atoms with Crippen molar-refractivity contribution in [3.05, 3.63) is 33.9 Å². The molecule has 1 aromatic rings. The van der Waals surface area contributed by atoms with Gasteiger partial charge in [0, 0.05) is 24.2 Å². The number of benzene rings is 1. The first-order valence-electron chi connectivity index (χ1n) is 6.61. The van der Waals surface area contributed by atoms with Crippen LogP contribution in [-0.2, 0) is 10.0 Å². The lowest BCUT2D eigenvalue weighted by Crippen LogP contribution is -2.41. The van der Waals surface area contributed by atoms with Crippen molar-refractivity contribution in [2.45, 2.75) is 44.0 Å². The lowest BCUT2D eigenvalue weighted by Gasteiger charge is -2.32. The third-order valence-corrected chi connectivity index (χ3v) is 5.74. The molecular weight excluding hydrogens is 280 g/mol. The molecule has 7 heteroatoms. The lowest BCUT2D eigenvalue weighted by molar-refractivity contribution is -0.385. The minimum atomic E-state index is -3.66. The molecule has 1 aliphatic rings. The number of aryl methyl sites for hydroxylation is 1. The van der Waals surface area contributed by atoms with E-state index in [0.717, 1.165) is 25.3 Å². The maximum absolute atomic E-state index is 12.6. The molecule has 0 aromatic heterocycles. The number of rotatable bonds is 3. The van der Waals surface area contributed by atoms with Crippen LogP contribution in [0.15, 0.2) is 23.1 Å². The number of hydrogen-bond acceptors (Lipinski definition) is 4. The van der Waals surface area contributed by atoms with Crippen LogP contribution in [-0.4, -0.2) is 30.2 Å². The first kappa shape index (κ1) is 14.9. The zero-order valence-electron chi connectivity index (χ0n) is 11.6. The predicted octanol–water partition coefficient (Wildman–Crippen LogP) is 2.47. The summed E-state index contributed by atoms with van der Waals surface area (Å²) in [5.41, 5.74) is 0.302. The van der Waals surface area contributed by atoms with Crippen LogP contribution in [0.1, 0.15) is 31.7 Å². The summed E-state index contributed by atoms with van der Waals surface area (Å²) in [5.74, 6) is 0. The SMILES string of the molecule is Cc1ccc(S(=O)(=O)N2CCCC[C@H]2C)cc1[N+](=O)[O-]. The van der Waals surface area contributed by atoms with Crippen LogP contribution >= 0.6 is 0 Å². The summed E-state index contributed by atoms with van der Waals surface area (Å²) in [5, 5.41) is 10.9. The van der Waals surface area contributed by atoms with Crippen LogP contribution in [0.5, 0.6) is 0 Å². The molecule has 0 bridgehead atoms. The highest BCUT2D eigenvalue weighted by Gasteiger charge is 2.32. The summed E-state index contributed by atoms with van der Waals surface area (Å²) in [7, 11) is -3.66. The number of nitro groups is 1. The van der Waals surface area contributed by atoms with E-state index in [4.69, 9.17) is 0 Å². The Hall–Kier alpha value is -1.47. The van der Waals surface area contributed by atoms with Gasteiger partial charge in [0.2, 0.25) is 10.0 Å². The van der Waals surface area contributed by atoms with E-state index in [1.807, 2.05) is 6.92 Å². The highest BCUT2D eigenvalue weighted by molar-refractivity contribution is 7.89. The van der Waals surface area contributed by atoms with Crippen molar-refractivity contribution >= 4 is 15.7 Å². The second-order valence-corrected chi connectivity index (χ2v) is 7.06. The summed E-state index contributed by atoms with van der Waals surface area (Å²) in [6.45, 7) is 3.95. The molecular formula is C13H18N2O4S. The van der Waals surface area contributed by atoms with Gasteiger partial charge >= 0.3 is 0 Å². The summed E-state index contributed by atoms with van der Waals surface area (Å²) in [6.07, 6.45) is 2.67. The summed E-state index contributed by atoms with van der Waals surface area (Å²) in [6, 6.07) is 4.03. The molecule has 6 nitrogen and oxygen atoms in total. The van der Waals surface area contributed by atoms with Crippen LogP contribution in [0.2, 0.25) is 0 Å². The topological polar surface area (TPSA) is 80.5 Å². The van der Waals surface area contributed by atoms with E-state index in [1.165, 1.54) is 16.4 Å². The molecule has 0 aliphatic carbocycles. The van der Waals surface area contributed by atoms with Crippen molar-refractivity contribution in [2.24, 2.45) is 0 Å². The first-order valence-corrected chi connectivity index (χ1v) is 8.05. The second-order valence-electron chi connectivity index (χ2n) is 5.17. The molecule has 1 heterocycles. The maximum Gasteiger partial charge on any atom is 0.273 e. The molecule has 110 valence electrons. The normalized spacial score (nSPS) is 20.8. The molecule has 0 radical (unpaired) electrons. The minimum absolute atomic E-state index is 0.00329. The predicted molar refractivity (Wildman–Crippen MR) is 75.0 cm³/mol. The fourth-order valence-electron chi connectivity index (χ4n) is 2.51. The number of sulfonamides is 1. The van der Waals surface area contributed by atoms with Gasteiger partial charge in [0.1, 0.15) is 0 Å². The Morgan fingerprint density at radius 1 is 1.35 bits per heavy atom. The molecule has 0 spiro atoms. The van der Waals surface area contributed by atoms with Gasteiger partial charge in [-0.3, -0.25) is 10.1 Å². The Morgan fingerprint density at radius 2 is 2.05 bits per heavy atom. The Morgan fingerprint density at radius 3 is 2.65 bits per heavy atom. The van der Waals surface area contributed by atoms with Crippen molar-refractivity contribution in [1.29, 1.82) is 0 Å². The van der Waals surface area contributed by atoms with E-state index in [-0.39, 0.29) is 16.6 Å². The maximum atomic E-state index is 12.6. The molecule has 1 atom stereocenters. The van der Waals surface area contributed by atoms with Gasteiger partial charge in [0.15, 0.2) is 0 Å². The standard InChI is InChI=1S/C13H18N2O4S/c1-10-6-7-12(9-13(10)15(16)17)20(18,19)14-8-4-3-5-11(14)2/h6-7,9,11H,3-5,8H2,1-2H3/t11-/m1/s1. The van der Waals surface area contributed by atoms with Gasteiger partial charge in [-0.25, -0.2) is 8.42 Å². The molecule has 0 N–H and O–H groups in total. The van der Waals surface area contributed by atoms with Gasteiger partial charge in [-0.2, -0.15) is 4.31 Å². The van der Waals surface area contributed by atoms with E-state index >= 15 is 0 Å². The number of nitrogens with zero attached hydrogens (tertiary/aromatic N) is 2. The van der Waals surface area contributed by atoms with Crippen molar-refractivity contribution < 1.29 is 13.3 Å². The van der Waals surface area contributed by atoms with Gasteiger partial charge < -0.3 is 0 Å². The quantitative estimate of drug-likeness (QED) is 0.634. The van der Waals surface area contributed by atoms with Gasteiger partial charge in [-0.05, 0) is 32.8 Å². The van der Waals surface area contributed by atoms with Gasteiger partial charge in [0.05, 0.1) is 9.82 Å². The molecule has 0 saturated carbocycles. The molecule has 0 amide bonds. The van der Waals surface area contributed by atoms with Crippen LogP contribution in [0.3, 0.4) is 0 Å². The summed E-state index contributed by atoms with van der Waals surface area (Å²) < 4.78 is 26.6. The Kier molecular flexibility index (Phi) is 4.10. The zero-order valence-corrected chi connectivity index (χ0v) is 12.4. The largest absolute Gasteiger partial charge is 0.273 e. The van der Waals surface area contributed by atoms with Crippen LogP contribution in [0, 0.1) is 17.0 Å². The Balaban J connectivity index is 2.44. The van der Waals surface area contributed by atoms with Crippen LogP contribution in [0.25, 0.3) is 0 Å². The summed E-state index contributed by atoms with van der Waals surface area (Å²) in [4.78, 5) is 10.4. The van der Waals surface area contributed by atoms with Gasteiger partial charge in [-0.1, -0.05) is 12.5 Å². The van der Waals surface area contributed by atoms with E-state index in [1.54, 1.807) is 6.92 Å². The highest BCUT2D eigenvalue weighted by atomic mass is 32.2. The molecule has 1 aliphatic heterocycles. The van der Waals surface area contributed by atoms with E-state index in [0.29, 0.717) is 12.1 Å². The van der Waals surface area contributed by atoms with Crippen LogP contribution in [0.4, 0.5) is 5.69 Å². The van der Waals surface area contributed by atoms with E-state index in [2.05, 4.69) is 0 Å². The van der Waals surface area contributed by atoms with Crippen molar-refractivity contribution in [3.8, 4) is 0 Å². The molecule has 0 unspecified atom stereocenters. The Bertz CT molecular complexity index is 627. The zero-order chi connectivity index (χ0) is 14.9. The average molecular weight is 298 g/mol. The van der Waals surface area contributed by atoms with Crippen molar-refractivity contribution in [3.63, 3.8) is 0 Å². The van der Waals surface area contributed by atoms with Gasteiger partial charge in [0.25, 0.3) is 5.69 Å². The lowest BCUT2D eigenvalue weighted by atomic mass is 10.1. The third kappa shape index (κ3) is 2.69. The van der Waals surface area contributed by atoms with Gasteiger partial charge in [-0.15, -0.1) is 0 Å². The molecule has 20 heavy (non-hydrogen) atoms. The third-order valence-electron chi connectivity index (χ3n) is 3.73. The van der Waals surface area contributed by atoms with Crippen molar-refractivity contribution in [1.82, 2.24) is 4.31 Å². The number of piperidine rings is 1. The highest BCUT2D eigenvalue weighted by Crippen LogP contribution is 2.28. The fraction of sp³-hybridized carbons (Fsp3) is 0.538. The van der Waals surface area contributed by atoms with Crippen molar-refractivity contribution in [2.75, 3.05) is 6.54 Å². The molecule has 1 fully saturated rings. The molecule has 1 aromatic carbocycles. The minimum Gasteiger partial charge on any atom is -0.258 e.